The van der Waals surface area contributed by atoms with E-state index in [1.807, 2.05) is 5.32 Å². The fourth-order valence-electron chi connectivity index (χ4n) is 0.831. The molecule has 0 amide bonds. The number of aromatic nitrogens is 2. The van der Waals surface area contributed by atoms with E-state index >= 15 is 0 Å². The van der Waals surface area contributed by atoms with E-state index in [0.717, 1.165) is 0 Å². The minimum Gasteiger partial charge on any atom is -0.464 e. The molecule has 0 aliphatic rings. The Labute approximate surface area is 88.6 Å². The molecule has 0 radical (unpaired) electrons. The van der Waals surface area contributed by atoms with Gasteiger partial charge in [0.15, 0.2) is 5.69 Å². The second kappa shape index (κ2) is 4.77. The topological polar surface area (TPSA) is 64.1 Å². The molecule has 1 N–H and O–H groups in total. The van der Waals surface area contributed by atoms with E-state index in [1.54, 1.807) is 0 Å². The average Bonchev–Trinajstić information content (AvgIpc) is 2.25. The maximum atomic E-state index is 11.8. The monoisotopic (exact) mass is 235 g/mol. The SMILES string of the molecule is COC(=O)c1ccc(NCC(F)(F)F)nn1. The maximum absolute atomic E-state index is 11.8. The lowest BCUT2D eigenvalue weighted by molar-refractivity contribution is -0.115. The van der Waals surface area contributed by atoms with Crippen molar-refractivity contribution in [1.82, 2.24) is 10.2 Å². The molecule has 0 spiro atoms. The van der Waals surface area contributed by atoms with Crippen LogP contribution in [0.2, 0.25) is 0 Å². The van der Waals surface area contributed by atoms with Crippen LogP contribution in [0.4, 0.5) is 19.0 Å². The maximum Gasteiger partial charge on any atom is 0.405 e. The molecule has 1 heterocycles. The van der Waals surface area contributed by atoms with Gasteiger partial charge >= 0.3 is 12.1 Å². The van der Waals surface area contributed by atoms with Crippen molar-refractivity contribution in [2.75, 3.05) is 19.0 Å². The fourth-order valence-corrected chi connectivity index (χ4v) is 0.831. The van der Waals surface area contributed by atoms with E-state index < -0.39 is 18.7 Å². The molecule has 0 saturated carbocycles. The quantitative estimate of drug-likeness (QED) is 0.798. The highest BCUT2D eigenvalue weighted by Crippen LogP contribution is 2.15. The van der Waals surface area contributed by atoms with Crippen LogP contribution in [0, 0.1) is 0 Å². The van der Waals surface area contributed by atoms with Gasteiger partial charge in [-0.2, -0.15) is 13.2 Å². The number of halogens is 3. The summed E-state index contributed by atoms with van der Waals surface area (Å²) in [6.45, 7) is -1.21. The van der Waals surface area contributed by atoms with Crippen molar-refractivity contribution in [3.05, 3.63) is 17.8 Å². The molecular weight excluding hydrogens is 227 g/mol. The highest BCUT2D eigenvalue weighted by atomic mass is 19.4. The summed E-state index contributed by atoms with van der Waals surface area (Å²) in [6.07, 6.45) is -4.33. The summed E-state index contributed by atoms with van der Waals surface area (Å²) in [5.74, 6) is -0.764. The van der Waals surface area contributed by atoms with Crippen molar-refractivity contribution in [3.63, 3.8) is 0 Å². The molecule has 0 aromatic carbocycles. The van der Waals surface area contributed by atoms with Gasteiger partial charge in [-0.15, -0.1) is 10.2 Å². The van der Waals surface area contributed by atoms with Crippen molar-refractivity contribution >= 4 is 11.8 Å². The molecule has 0 atom stereocenters. The fraction of sp³-hybridized carbons (Fsp3) is 0.375. The van der Waals surface area contributed by atoms with Gasteiger partial charge in [0.05, 0.1) is 7.11 Å². The van der Waals surface area contributed by atoms with Crippen LogP contribution < -0.4 is 5.32 Å². The Hall–Kier alpha value is -1.86. The summed E-state index contributed by atoms with van der Waals surface area (Å²) in [6, 6.07) is 2.43. The number of esters is 1. The van der Waals surface area contributed by atoms with Crippen LogP contribution in [0.1, 0.15) is 10.5 Å². The second-order valence-electron chi connectivity index (χ2n) is 2.76. The third-order valence-corrected chi connectivity index (χ3v) is 1.53. The summed E-state index contributed by atoms with van der Waals surface area (Å²) < 4.78 is 39.8. The Morgan fingerprint density at radius 2 is 2.12 bits per heavy atom. The van der Waals surface area contributed by atoms with E-state index in [0.29, 0.717) is 0 Å². The van der Waals surface area contributed by atoms with Crippen molar-refractivity contribution in [2.45, 2.75) is 6.18 Å². The number of nitrogens with one attached hydrogen (secondary N) is 1. The molecule has 8 heteroatoms. The van der Waals surface area contributed by atoms with Gasteiger partial charge in [0.1, 0.15) is 12.4 Å². The highest BCUT2D eigenvalue weighted by molar-refractivity contribution is 5.86. The molecule has 0 aliphatic heterocycles. The highest BCUT2D eigenvalue weighted by Gasteiger charge is 2.26. The van der Waals surface area contributed by atoms with Crippen LogP contribution in [-0.2, 0) is 4.74 Å². The van der Waals surface area contributed by atoms with Crippen LogP contribution in [0.25, 0.3) is 0 Å². The molecule has 1 rings (SSSR count). The largest absolute Gasteiger partial charge is 0.464 e. The summed E-state index contributed by atoms with van der Waals surface area (Å²) in [4.78, 5) is 10.9. The Bertz CT molecular complexity index is 364. The predicted octanol–water partition coefficient (Wildman–Crippen LogP) is 1.24. The zero-order valence-electron chi connectivity index (χ0n) is 8.21. The lowest BCUT2D eigenvalue weighted by Crippen LogP contribution is -2.22. The number of hydrogen-bond acceptors (Lipinski definition) is 5. The summed E-state index contributed by atoms with van der Waals surface area (Å²) in [5, 5.41) is 8.80. The van der Waals surface area contributed by atoms with E-state index in [-0.39, 0.29) is 11.5 Å². The van der Waals surface area contributed by atoms with Crippen molar-refractivity contribution < 1.29 is 22.7 Å². The Morgan fingerprint density at radius 3 is 2.56 bits per heavy atom. The minimum absolute atomic E-state index is 0.0648. The van der Waals surface area contributed by atoms with Gasteiger partial charge in [-0.3, -0.25) is 0 Å². The van der Waals surface area contributed by atoms with Crippen LogP contribution >= 0.6 is 0 Å². The first-order chi connectivity index (χ1) is 7.42. The third-order valence-electron chi connectivity index (χ3n) is 1.53. The van der Waals surface area contributed by atoms with Gasteiger partial charge in [0.25, 0.3) is 0 Å². The number of rotatable bonds is 3. The van der Waals surface area contributed by atoms with Gasteiger partial charge in [-0.25, -0.2) is 4.79 Å². The van der Waals surface area contributed by atoms with Gasteiger partial charge in [0.2, 0.25) is 0 Å². The number of carbonyl (C=O) groups is 1. The first-order valence-corrected chi connectivity index (χ1v) is 4.15. The number of alkyl halides is 3. The Balaban J connectivity index is 2.62. The van der Waals surface area contributed by atoms with E-state index in [2.05, 4.69) is 14.9 Å². The molecule has 1 aromatic rings. The summed E-state index contributed by atoms with van der Waals surface area (Å²) in [7, 11) is 1.17. The smallest absolute Gasteiger partial charge is 0.405 e. The standard InChI is InChI=1S/C8H8F3N3O2/c1-16-7(15)5-2-3-6(14-13-5)12-4-8(9,10)11/h2-3H,4H2,1H3,(H,12,14). The zero-order chi connectivity index (χ0) is 12.2. The molecule has 5 nitrogen and oxygen atoms in total. The minimum atomic E-state index is -4.33. The first kappa shape index (κ1) is 12.2. The van der Waals surface area contributed by atoms with Crippen LogP contribution in [-0.4, -0.2) is 36.0 Å². The lowest BCUT2D eigenvalue weighted by atomic mass is 10.4. The molecule has 1 aromatic heterocycles. The molecule has 16 heavy (non-hydrogen) atoms. The Kier molecular flexibility index (Phi) is 3.64. The molecule has 0 aliphatic carbocycles. The molecule has 0 fully saturated rings. The van der Waals surface area contributed by atoms with Gasteiger partial charge in [-0.1, -0.05) is 0 Å². The predicted molar refractivity (Wildman–Crippen MR) is 47.9 cm³/mol. The second-order valence-corrected chi connectivity index (χ2v) is 2.76. The first-order valence-electron chi connectivity index (χ1n) is 4.15. The number of nitrogens with zero attached hydrogens (tertiary/aromatic N) is 2. The van der Waals surface area contributed by atoms with Gasteiger partial charge in [-0.05, 0) is 12.1 Å². The number of carbonyl (C=O) groups excluding carboxylic acids is 1. The van der Waals surface area contributed by atoms with Crippen LogP contribution in [0.3, 0.4) is 0 Å². The Morgan fingerprint density at radius 1 is 1.44 bits per heavy atom. The normalized spacial score (nSPS) is 11.0. The van der Waals surface area contributed by atoms with Crippen molar-refractivity contribution in [3.8, 4) is 0 Å². The van der Waals surface area contributed by atoms with Crippen LogP contribution in [0.15, 0.2) is 12.1 Å². The number of anilines is 1. The molecule has 0 unspecified atom stereocenters. The van der Waals surface area contributed by atoms with E-state index in [1.165, 1.54) is 19.2 Å². The van der Waals surface area contributed by atoms with Gasteiger partial charge < -0.3 is 10.1 Å². The number of ether oxygens (including phenoxy) is 1. The zero-order valence-corrected chi connectivity index (χ0v) is 8.21. The molecule has 0 bridgehead atoms. The average molecular weight is 235 g/mol. The third kappa shape index (κ3) is 3.71. The molecule has 0 saturated heterocycles. The summed E-state index contributed by atoms with van der Waals surface area (Å²) >= 11 is 0. The van der Waals surface area contributed by atoms with E-state index in [4.69, 9.17) is 0 Å². The van der Waals surface area contributed by atoms with Gasteiger partial charge in [0, 0.05) is 0 Å². The van der Waals surface area contributed by atoms with Crippen molar-refractivity contribution in [2.24, 2.45) is 0 Å². The van der Waals surface area contributed by atoms with Crippen molar-refractivity contribution in [1.29, 1.82) is 0 Å². The summed E-state index contributed by atoms with van der Waals surface area (Å²) in [5.41, 5.74) is -0.0694. The number of hydrogen-bond donors (Lipinski definition) is 1. The lowest BCUT2D eigenvalue weighted by Gasteiger charge is -2.07. The van der Waals surface area contributed by atoms with Crippen LogP contribution in [0.5, 0.6) is 0 Å². The number of methoxy groups -OCH3 is 1. The molecular formula is C8H8F3N3O2. The van der Waals surface area contributed by atoms with E-state index in [9.17, 15) is 18.0 Å². The molecule has 88 valence electrons.